The Balaban J connectivity index is 1.88. The Kier molecular flexibility index (Phi) is 6.20. The second-order valence-corrected chi connectivity index (χ2v) is 8.05. The maximum absolute atomic E-state index is 13.0. The molecule has 7 nitrogen and oxygen atoms in total. The summed E-state index contributed by atoms with van der Waals surface area (Å²) in [5.41, 5.74) is 1.88. The number of halogens is 1. The normalized spacial score (nSPS) is 11.5. The molecule has 0 radical (unpaired) electrons. The molecule has 0 unspecified atom stereocenters. The van der Waals surface area contributed by atoms with Gasteiger partial charge in [0.1, 0.15) is 17.5 Å². The van der Waals surface area contributed by atoms with Crippen LogP contribution in [-0.4, -0.2) is 34.3 Å². The first-order chi connectivity index (χ1) is 15.9. The van der Waals surface area contributed by atoms with E-state index in [0.29, 0.717) is 34.1 Å². The molecule has 0 aliphatic carbocycles. The number of nitrogens with one attached hydrogen (secondary N) is 1. The van der Waals surface area contributed by atoms with Crippen LogP contribution in [-0.2, 0) is 6.54 Å². The van der Waals surface area contributed by atoms with Crippen LogP contribution in [0.15, 0.2) is 65.0 Å². The molecular formula is C25H21ClN6O. The maximum Gasteiger partial charge on any atom is 0.269 e. The van der Waals surface area contributed by atoms with E-state index >= 15 is 0 Å². The van der Waals surface area contributed by atoms with Crippen molar-refractivity contribution < 1.29 is 0 Å². The molecule has 2 aromatic heterocycles. The molecule has 1 N–H and O–H groups in total. The Morgan fingerprint density at radius 3 is 2.76 bits per heavy atom. The van der Waals surface area contributed by atoms with Crippen LogP contribution in [0.5, 0.6) is 0 Å². The molecular weight excluding hydrogens is 436 g/mol. The highest BCUT2D eigenvalue weighted by molar-refractivity contribution is 6.31. The minimum absolute atomic E-state index is 0.0339. The van der Waals surface area contributed by atoms with Crippen LogP contribution in [0.2, 0.25) is 5.02 Å². The third-order valence-corrected chi connectivity index (χ3v) is 5.68. The second-order valence-electron chi connectivity index (χ2n) is 7.61. The summed E-state index contributed by atoms with van der Waals surface area (Å²) in [5, 5.41) is 19.2. The number of aromatic nitrogens is 3. The predicted molar refractivity (Wildman–Crippen MR) is 132 cm³/mol. The molecule has 0 bridgehead atoms. The summed E-state index contributed by atoms with van der Waals surface area (Å²) >= 11 is 6.13. The second kappa shape index (κ2) is 9.23. The topological polar surface area (TPSA) is 98.7 Å². The summed E-state index contributed by atoms with van der Waals surface area (Å²) in [5.74, 6) is 1.15. The molecule has 0 aliphatic rings. The first-order valence-electron chi connectivity index (χ1n) is 10.3. The monoisotopic (exact) mass is 456 g/mol. The lowest BCUT2D eigenvalue weighted by molar-refractivity contribution is 0.742. The zero-order valence-electron chi connectivity index (χ0n) is 18.2. The smallest absolute Gasteiger partial charge is 0.269 e. The molecule has 0 fully saturated rings. The zero-order chi connectivity index (χ0) is 23.5. The third kappa shape index (κ3) is 4.34. The van der Waals surface area contributed by atoms with Crippen molar-refractivity contribution >= 4 is 45.4 Å². The fourth-order valence-corrected chi connectivity index (χ4v) is 3.96. The molecule has 164 valence electrons. The van der Waals surface area contributed by atoms with Gasteiger partial charge in [-0.3, -0.25) is 9.36 Å². The van der Waals surface area contributed by atoms with Crippen molar-refractivity contribution in [3.05, 3.63) is 86.9 Å². The molecule has 33 heavy (non-hydrogen) atoms. The Morgan fingerprint density at radius 1 is 1.24 bits per heavy atom. The fraction of sp³-hybridized carbons (Fsp3) is 0.160. The first-order valence-corrected chi connectivity index (χ1v) is 10.7. The van der Waals surface area contributed by atoms with E-state index in [1.54, 1.807) is 24.3 Å². The van der Waals surface area contributed by atoms with E-state index in [4.69, 9.17) is 22.0 Å². The number of hydrogen-bond acceptors (Lipinski definition) is 6. The van der Waals surface area contributed by atoms with Gasteiger partial charge in [-0.05, 0) is 48.9 Å². The summed E-state index contributed by atoms with van der Waals surface area (Å²) in [4.78, 5) is 24.4. The first kappa shape index (κ1) is 22.2. The number of likely N-dealkylation sites (N-methyl/N-ethyl adjacent to an activating group) is 1. The van der Waals surface area contributed by atoms with Gasteiger partial charge in [-0.25, -0.2) is 9.97 Å². The van der Waals surface area contributed by atoms with Crippen molar-refractivity contribution in [3.8, 4) is 6.07 Å². The summed E-state index contributed by atoms with van der Waals surface area (Å²) in [7, 11) is 1.91. The number of para-hydroxylation sites is 1. The van der Waals surface area contributed by atoms with Crippen molar-refractivity contribution in [2.75, 3.05) is 18.5 Å². The van der Waals surface area contributed by atoms with Crippen LogP contribution in [0.3, 0.4) is 0 Å². The number of nitriles is 1. The van der Waals surface area contributed by atoms with Gasteiger partial charge in [0, 0.05) is 35.6 Å². The SMILES string of the molecule is CC=C(C=N)CN(C)c1nc(Cn2c(=O)c(C#N)cc3cc(Cl)ccc32)nc2ccccc12. The van der Waals surface area contributed by atoms with E-state index in [0.717, 1.165) is 16.5 Å². The highest BCUT2D eigenvalue weighted by Gasteiger charge is 2.15. The third-order valence-electron chi connectivity index (χ3n) is 5.44. The highest BCUT2D eigenvalue weighted by atomic mass is 35.5. The van der Waals surface area contributed by atoms with E-state index in [1.807, 2.05) is 55.3 Å². The largest absolute Gasteiger partial charge is 0.355 e. The quantitative estimate of drug-likeness (QED) is 0.429. The number of rotatable bonds is 6. The van der Waals surface area contributed by atoms with Crippen molar-refractivity contribution in [3.63, 3.8) is 0 Å². The predicted octanol–water partition coefficient (Wildman–Crippen LogP) is 4.55. The van der Waals surface area contributed by atoms with Crippen molar-refractivity contribution in [1.82, 2.24) is 14.5 Å². The number of benzene rings is 2. The molecule has 0 aliphatic heterocycles. The average molecular weight is 457 g/mol. The Bertz CT molecular complexity index is 1520. The lowest BCUT2D eigenvalue weighted by atomic mass is 10.1. The molecule has 0 atom stereocenters. The maximum atomic E-state index is 13.0. The van der Waals surface area contributed by atoms with Crippen LogP contribution in [0, 0.1) is 16.7 Å². The summed E-state index contributed by atoms with van der Waals surface area (Å²) in [6.45, 7) is 2.49. The number of anilines is 1. The van der Waals surface area contributed by atoms with Crippen LogP contribution in [0.25, 0.3) is 21.8 Å². The van der Waals surface area contributed by atoms with Gasteiger partial charge < -0.3 is 10.3 Å². The summed E-state index contributed by atoms with van der Waals surface area (Å²) in [6, 6.07) is 16.4. The molecule has 4 rings (SSSR count). The summed E-state index contributed by atoms with van der Waals surface area (Å²) < 4.78 is 1.51. The van der Waals surface area contributed by atoms with Gasteiger partial charge in [0.15, 0.2) is 5.82 Å². The lowest BCUT2D eigenvalue weighted by Crippen LogP contribution is -2.26. The van der Waals surface area contributed by atoms with Crippen molar-refractivity contribution in [2.45, 2.75) is 13.5 Å². The van der Waals surface area contributed by atoms with Gasteiger partial charge in [0.2, 0.25) is 0 Å². The van der Waals surface area contributed by atoms with Gasteiger partial charge in [-0.1, -0.05) is 29.8 Å². The number of hydrogen-bond donors (Lipinski definition) is 1. The van der Waals surface area contributed by atoms with Gasteiger partial charge >= 0.3 is 0 Å². The Labute approximate surface area is 195 Å². The number of pyridine rings is 1. The molecule has 0 saturated heterocycles. The zero-order valence-corrected chi connectivity index (χ0v) is 19.0. The standard InChI is InChI=1S/C25H21ClN6O/c1-3-16(12-27)14-31(2)24-20-6-4-5-7-21(20)29-23(30-24)15-32-22-9-8-19(26)11-17(22)10-18(13-28)25(32)33/h3-12,27H,14-15H2,1-2H3. The molecule has 2 aromatic carbocycles. The van der Waals surface area contributed by atoms with Crippen molar-refractivity contribution in [1.29, 1.82) is 10.7 Å². The molecule has 2 heterocycles. The minimum atomic E-state index is -0.404. The van der Waals surface area contributed by atoms with Gasteiger partial charge in [0.05, 0.1) is 17.6 Å². The van der Waals surface area contributed by atoms with Crippen molar-refractivity contribution in [2.24, 2.45) is 0 Å². The van der Waals surface area contributed by atoms with Gasteiger partial charge in [-0.2, -0.15) is 5.26 Å². The summed E-state index contributed by atoms with van der Waals surface area (Å²) in [6.07, 6.45) is 3.21. The fourth-order valence-electron chi connectivity index (χ4n) is 3.77. The minimum Gasteiger partial charge on any atom is -0.355 e. The van der Waals surface area contributed by atoms with E-state index < -0.39 is 5.56 Å². The molecule has 0 saturated carbocycles. The molecule has 8 heteroatoms. The van der Waals surface area contributed by atoms with Gasteiger partial charge in [-0.15, -0.1) is 0 Å². The lowest BCUT2D eigenvalue weighted by Gasteiger charge is -2.21. The van der Waals surface area contributed by atoms with Crippen LogP contribution in [0.4, 0.5) is 5.82 Å². The molecule has 4 aromatic rings. The Morgan fingerprint density at radius 2 is 2.03 bits per heavy atom. The van der Waals surface area contributed by atoms with E-state index in [2.05, 4.69) is 4.98 Å². The number of allylic oxidation sites excluding steroid dienone is 1. The number of nitrogens with zero attached hydrogens (tertiary/aromatic N) is 5. The van der Waals surface area contributed by atoms with E-state index in [9.17, 15) is 10.1 Å². The van der Waals surface area contributed by atoms with Crippen LogP contribution >= 0.6 is 11.6 Å². The van der Waals surface area contributed by atoms with E-state index in [-0.39, 0.29) is 12.1 Å². The van der Waals surface area contributed by atoms with Gasteiger partial charge in [0.25, 0.3) is 5.56 Å². The molecule has 0 spiro atoms. The van der Waals surface area contributed by atoms with Crippen LogP contribution < -0.4 is 10.5 Å². The highest BCUT2D eigenvalue weighted by Crippen LogP contribution is 2.25. The van der Waals surface area contributed by atoms with Crippen LogP contribution in [0.1, 0.15) is 18.3 Å². The molecule has 0 amide bonds. The average Bonchev–Trinajstić information content (AvgIpc) is 2.83. The Hall–Kier alpha value is -4.02. The number of fused-ring (bicyclic) bond motifs is 2. The van der Waals surface area contributed by atoms with E-state index in [1.165, 1.54) is 10.8 Å².